The molecule has 0 spiro atoms. The van der Waals surface area contributed by atoms with Crippen LogP contribution in [0.3, 0.4) is 0 Å². The first-order chi connectivity index (χ1) is 8.85. The van der Waals surface area contributed by atoms with Gasteiger partial charge in [0.25, 0.3) is 0 Å². The molecule has 1 aromatic rings. The molecule has 3 N–H and O–H groups in total. The first-order valence-electron chi connectivity index (χ1n) is 6.20. The average Bonchev–Trinajstić information content (AvgIpc) is 3.20. The van der Waals surface area contributed by atoms with Crippen molar-refractivity contribution in [2.75, 3.05) is 19.4 Å². The van der Waals surface area contributed by atoms with E-state index in [4.69, 9.17) is 10.5 Å². The summed E-state index contributed by atoms with van der Waals surface area (Å²) in [6.07, 6.45) is 3.06. The van der Waals surface area contributed by atoms with E-state index in [0.717, 1.165) is 19.1 Å². The lowest BCUT2D eigenvalue weighted by molar-refractivity contribution is -0.0162. The molecule has 0 heterocycles. The third-order valence-corrected chi connectivity index (χ3v) is 4.52. The van der Waals surface area contributed by atoms with Gasteiger partial charge in [-0.25, -0.2) is 8.42 Å². The van der Waals surface area contributed by atoms with Gasteiger partial charge in [-0.05, 0) is 37.0 Å². The summed E-state index contributed by atoms with van der Waals surface area (Å²) in [6, 6.07) is 6.25. The number of hydrogen-bond acceptors (Lipinski definition) is 5. The molecule has 1 fully saturated rings. The fraction of sp³-hybridized carbons (Fsp3) is 0.538. The summed E-state index contributed by atoms with van der Waals surface area (Å²) in [4.78, 5) is 0.202. The molecule has 1 aromatic carbocycles. The molecule has 1 atom stereocenters. The Bertz CT molecular complexity index is 554. The van der Waals surface area contributed by atoms with Crippen LogP contribution in [0.15, 0.2) is 29.2 Å². The Morgan fingerprint density at radius 1 is 1.47 bits per heavy atom. The molecule has 0 radical (unpaired) electrons. The van der Waals surface area contributed by atoms with Crippen molar-refractivity contribution in [1.82, 2.24) is 0 Å². The lowest BCUT2D eigenvalue weighted by atomic mass is 9.99. The number of sulfone groups is 1. The van der Waals surface area contributed by atoms with Gasteiger partial charge in [-0.2, -0.15) is 0 Å². The molecule has 106 valence electrons. The lowest BCUT2D eigenvalue weighted by Gasteiger charge is -2.26. The van der Waals surface area contributed by atoms with E-state index in [1.54, 1.807) is 12.1 Å². The van der Waals surface area contributed by atoms with E-state index >= 15 is 0 Å². The van der Waals surface area contributed by atoms with Gasteiger partial charge in [-0.3, -0.25) is 0 Å². The van der Waals surface area contributed by atoms with Gasteiger partial charge in [-0.1, -0.05) is 6.07 Å². The van der Waals surface area contributed by atoms with Crippen molar-refractivity contribution >= 4 is 9.84 Å². The van der Waals surface area contributed by atoms with Crippen LogP contribution in [0.2, 0.25) is 0 Å². The maximum Gasteiger partial charge on any atom is 0.175 e. The van der Waals surface area contributed by atoms with Crippen molar-refractivity contribution in [3.05, 3.63) is 24.3 Å². The quantitative estimate of drug-likeness (QED) is 0.797. The Labute approximate surface area is 113 Å². The summed E-state index contributed by atoms with van der Waals surface area (Å²) in [6.45, 7) is 0.227. The monoisotopic (exact) mass is 285 g/mol. The Balaban J connectivity index is 2.07. The molecule has 1 unspecified atom stereocenters. The third-order valence-electron chi connectivity index (χ3n) is 3.41. The second kappa shape index (κ2) is 5.11. The number of aliphatic hydroxyl groups is 1. The van der Waals surface area contributed by atoms with Crippen molar-refractivity contribution in [3.63, 3.8) is 0 Å². The summed E-state index contributed by atoms with van der Waals surface area (Å²) in [5, 5.41) is 10.3. The molecule has 0 amide bonds. The van der Waals surface area contributed by atoms with Crippen molar-refractivity contribution in [3.8, 4) is 5.75 Å². The second-order valence-electron chi connectivity index (χ2n) is 5.12. The molecular weight excluding hydrogens is 266 g/mol. The van der Waals surface area contributed by atoms with E-state index in [1.807, 2.05) is 0 Å². The minimum Gasteiger partial charge on any atom is -0.490 e. The van der Waals surface area contributed by atoms with E-state index in [1.165, 1.54) is 12.1 Å². The zero-order chi connectivity index (χ0) is 14.1. The maximum absolute atomic E-state index is 11.4. The van der Waals surface area contributed by atoms with Gasteiger partial charge >= 0.3 is 0 Å². The molecule has 0 saturated heterocycles. The minimum atomic E-state index is -3.26. The molecule has 1 aliphatic rings. The van der Waals surface area contributed by atoms with Crippen LogP contribution in [-0.2, 0) is 9.84 Å². The molecular formula is C13H19NO4S. The van der Waals surface area contributed by atoms with Gasteiger partial charge in [-0.15, -0.1) is 0 Å². The van der Waals surface area contributed by atoms with E-state index in [2.05, 4.69) is 0 Å². The topological polar surface area (TPSA) is 89.6 Å². The predicted octanol–water partition coefficient (Wildman–Crippen LogP) is 0.569. The summed E-state index contributed by atoms with van der Waals surface area (Å²) in [7, 11) is -3.26. The van der Waals surface area contributed by atoms with Crippen LogP contribution in [0.5, 0.6) is 5.75 Å². The van der Waals surface area contributed by atoms with Gasteiger partial charge in [0.2, 0.25) is 0 Å². The Hall–Kier alpha value is -1.11. The van der Waals surface area contributed by atoms with Gasteiger partial charge in [0.05, 0.1) is 4.90 Å². The predicted molar refractivity (Wildman–Crippen MR) is 71.8 cm³/mol. The summed E-state index contributed by atoms with van der Waals surface area (Å²) in [5.74, 6) is 0.617. The van der Waals surface area contributed by atoms with Crippen LogP contribution in [0.25, 0.3) is 0 Å². The molecule has 0 aliphatic heterocycles. The molecule has 0 bridgehead atoms. The van der Waals surface area contributed by atoms with Crippen molar-refractivity contribution < 1.29 is 18.3 Å². The molecule has 1 saturated carbocycles. The van der Waals surface area contributed by atoms with E-state index in [-0.39, 0.29) is 24.0 Å². The second-order valence-corrected chi connectivity index (χ2v) is 7.13. The number of benzene rings is 1. The van der Waals surface area contributed by atoms with E-state index in [9.17, 15) is 13.5 Å². The highest BCUT2D eigenvalue weighted by Gasteiger charge is 2.43. The van der Waals surface area contributed by atoms with Gasteiger partial charge in [0, 0.05) is 12.8 Å². The van der Waals surface area contributed by atoms with Gasteiger partial charge < -0.3 is 15.6 Å². The minimum absolute atomic E-state index is 0.0847. The van der Waals surface area contributed by atoms with Crippen LogP contribution in [0, 0.1) is 5.92 Å². The first kappa shape index (κ1) is 14.3. The zero-order valence-corrected chi connectivity index (χ0v) is 11.7. The number of hydrogen-bond donors (Lipinski definition) is 2. The van der Waals surface area contributed by atoms with E-state index < -0.39 is 15.4 Å². The van der Waals surface area contributed by atoms with Crippen LogP contribution < -0.4 is 10.5 Å². The van der Waals surface area contributed by atoms with Crippen molar-refractivity contribution in [2.45, 2.75) is 23.3 Å². The summed E-state index contributed by atoms with van der Waals surface area (Å²) >= 11 is 0. The average molecular weight is 285 g/mol. The molecule has 6 heteroatoms. The fourth-order valence-electron chi connectivity index (χ4n) is 1.97. The zero-order valence-electron chi connectivity index (χ0n) is 10.9. The number of nitrogens with two attached hydrogens (primary N) is 1. The van der Waals surface area contributed by atoms with Crippen molar-refractivity contribution in [2.24, 2.45) is 11.7 Å². The van der Waals surface area contributed by atoms with Crippen LogP contribution in [0.4, 0.5) is 0 Å². The highest BCUT2D eigenvalue weighted by Crippen LogP contribution is 2.39. The first-order valence-corrected chi connectivity index (χ1v) is 8.10. The fourth-order valence-corrected chi connectivity index (χ4v) is 2.62. The largest absolute Gasteiger partial charge is 0.490 e. The Kier molecular flexibility index (Phi) is 3.85. The highest BCUT2D eigenvalue weighted by molar-refractivity contribution is 7.90. The van der Waals surface area contributed by atoms with Crippen LogP contribution in [0.1, 0.15) is 12.8 Å². The molecule has 5 nitrogen and oxygen atoms in total. The van der Waals surface area contributed by atoms with Crippen LogP contribution >= 0.6 is 0 Å². The number of rotatable bonds is 6. The summed E-state index contributed by atoms with van der Waals surface area (Å²) < 4.78 is 28.4. The van der Waals surface area contributed by atoms with Gasteiger partial charge in [0.1, 0.15) is 18.0 Å². The molecule has 0 aromatic heterocycles. The molecule has 19 heavy (non-hydrogen) atoms. The standard InChI is InChI=1S/C13H19NO4S/c1-19(16,17)12-4-2-3-11(7-12)18-9-13(15,8-14)10-5-6-10/h2-4,7,10,15H,5-6,8-9,14H2,1H3. The van der Waals surface area contributed by atoms with Gasteiger partial charge in [0.15, 0.2) is 9.84 Å². The highest BCUT2D eigenvalue weighted by atomic mass is 32.2. The summed E-state index contributed by atoms with van der Waals surface area (Å²) in [5.41, 5.74) is 4.57. The third kappa shape index (κ3) is 3.46. The van der Waals surface area contributed by atoms with Crippen LogP contribution in [-0.4, -0.2) is 38.5 Å². The lowest BCUT2D eigenvalue weighted by Crippen LogP contribution is -2.45. The number of ether oxygens (including phenoxy) is 1. The van der Waals surface area contributed by atoms with Crippen molar-refractivity contribution in [1.29, 1.82) is 0 Å². The SMILES string of the molecule is CS(=O)(=O)c1cccc(OCC(O)(CN)C2CC2)c1. The smallest absolute Gasteiger partial charge is 0.175 e. The normalized spacial score (nSPS) is 18.9. The Morgan fingerprint density at radius 3 is 2.68 bits per heavy atom. The molecule has 1 aliphatic carbocycles. The molecule has 2 rings (SSSR count). The maximum atomic E-state index is 11.4. The van der Waals surface area contributed by atoms with E-state index in [0.29, 0.717) is 5.75 Å². The Morgan fingerprint density at radius 2 is 2.16 bits per heavy atom.